The highest BCUT2D eigenvalue weighted by Gasteiger charge is 2.31. The van der Waals surface area contributed by atoms with E-state index in [0.717, 1.165) is 42.7 Å². The Kier molecular flexibility index (Phi) is 7.42. The maximum absolute atomic E-state index is 12.3. The Bertz CT molecular complexity index is 737. The van der Waals surface area contributed by atoms with Crippen molar-refractivity contribution >= 4 is 23.2 Å². The highest BCUT2D eigenvalue weighted by atomic mass is 35.5. The fraction of sp³-hybridized carbons (Fsp3) is 0.429. The molecule has 0 heterocycles. The molecule has 0 amide bonds. The SMILES string of the molecule is CC(C)CCc1ccc(Cl)c(Cl)c1.FC(F)(F)c1ccc2c(c1)CCC2. The fourth-order valence-electron chi connectivity index (χ4n) is 2.90. The summed E-state index contributed by atoms with van der Waals surface area (Å²) in [4.78, 5) is 0. The molecule has 0 fully saturated rings. The molecule has 0 unspecified atom stereocenters. The molecular formula is C21H23Cl2F3. The van der Waals surface area contributed by atoms with Gasteiger partial charge in [-0.1, -0.05) is 49.2 Å². The third-order valence-corrected chi connectivity index (χ3v) is 5.16. The van der Waals surface area contributed by atoms with Crippen molar-refractivity contribution < 1.29 is 13.2 Å². The molecule has 2 aromatic carbocycles. The van der Waals surface area contributed by atoms with Gasteiger partial charge in [0.15, 0.2) is 0 Å². The predicted molar refractivity (Wildman–Crippen MR) is 103 cm³/mol. The van der Waals surface area contributed by atoms with E-state index in [1.54, 1.807) is 6.07 Å². The second kappa shape index (κ2) is 9.14. The minimum atomic E-state index is -4.20. The van der Waals surface area contributed by atoms with Crippen LogP contribution < -0.4 is 0 Å². The molecule has 1 aliphatic carbocycles. The highest BCUT2D eigenvalue weighted by Crippen LogP contribution is 2.32. The van der Waals surface area contributed by atoms with Crippen LogP contribution >= 0.6 is 23.2 Å². The first-order valence-corrected chi connectivity index (χ1v) is 9.55. The molecule has 5 heteroatoms. The van der Waals surface area contributed by atoms with Gasteiger partial charge in [-0.15, -0.1) is 0 Å². The van der Waals surface area contributed by atoms with Crippen molar-refractivity contribution in [3.8, 4) is 0 Å². The summed E-state index contributed by atoms with van der Waals surface area (Å²) in [5.74, 6) is 0.731. The number of rotatable bonds is 3. The first-order valence-electron chi connectivity index (χ1n) is 8.79. The molecule has 0 saturated carbocycles. The van der Waals surface area contributed by atoms with E-state index < -0.39 is 11.7 Å². The third-order valence-electron chi connectivity index (χ3n) is 4.42. The van der Waals surface area contributed by atoms with Crippen LogP contribution in [0.2, 0.25) is 10.0 Å². The second-order valence-electron chi connectivity index (χ2n) is 7.02. The lowest BCUT2D eigenvalue weighted by atomic mass is 10.0. The molecule has 26 heavy (non-hydrogen) atoms. The molecule has 3 rings (SSSR count). The number of alkyl halides is 3. The Morgan fingerprint density at radius 3 is 2.23 bits per heavy atom. The zero-order valence-electron chi connectivity index (χ0n) is 15.0. The molecular weight excluding hydrogens is 380 g/mol. The van der Waals surface area contributed by atoms with Gasteiger partial charge in [0.1, 0.15) is 0 Å². The molecule has 0 bridgehead atoms. The van der Waals surface area contributed by atoms with Crippen molar-refractivity contribution in [1.29, 1.82) is 0 Å². The maximum Gasteiger partial charge on any atom is 0.416 e. The van der Waals surface area contributed by atoms with Gasteiger partial charge in [-0.2, -0.15) is 13.2 Å². The van der Waals surface area contributed by atoms with Crippen LogP contribution in [0, 0.1) is 5.92 Å². The van der Waals surface area contributed by atoms with Gasteiger partial charge in [0.2, 0.25) is 0 Å². The Morgan fingerprint density at radius 1 is 0.923 bits per heavy atom. The molecule has 1 aliphatic rings. The molecule has 0 atom stereocenters. The summed E-state index contributed by atoms with van der Waals surface area (Å²) < 4.78 is 36.8. The van der Waals surface area contributed by atoms with Crippen LogP contribution in [0.4, 0.5) is 13.2 Å². The van der Waals surface area contributed by atoms with Crippen LogP contribution in [0.15, 0.2) is 36.4 Å². The second-order valence-corrected chi connectivity index (χ2v) is 7.83. The summed E-state index contributed by atoms with van der Waals surface area (Å²) >= 11 is 11.7. The monoisotopic (exact) mass is 402 g/mol. The van der Waals surface area contributed by atoms with Crippen molar-refractivity contribution in [2.75, 3.05) is 0 Å². The Balaban J connectivity index is 0.000000187. The van der Waals surface area contributed by atoms with Crippen LogP contribution in [0.25, 0.3) is 0 Å². The van der Waals surface area contributed by atoms with Gasteiger partial charge in [0.25, 0.3) is 0 Å². The van der Waals surface area contributed by atoms with E-state index in [1.807, 2.05) is 18.2 Å². The van der Waals surface area contributed by atoms with Gasteiger partial charge in [-0.3, -0.25) is 0 Å². The van der Waals surface area contributed by atoms with Crippen LogP contribution in [-0.4, -0.2) is 0 Å². The van der Waals surface area contributed by atoms with Crippen LogP contribution in [0.5, 0.6) is 0 Å². The standard InChI is InChI=1S/C11H14Cl2.C10H9F3/c1-8(2)3-4-9-5-6-10(12)11(13)7-9;11-10(12,13)9-5-4-7-2-1-3-8(7)6-9/h5-8H,3-4H2,1-2H3;4-6H,1-3H2. The highest BCUT2D eigenvalue weighted by molar-refractivity contribution is 6.42. The third kappa shape index (κ3) is 6.21. The number of hydrogen-bond acceptors (Lipinski definition) is 0. The first kappa shape index (κ1) is 21.1. The van der Waals surface area contributed by atoms with Crippen LogP contribution in [-0.2, 0) is 25.4 Å². The van der Waals surface area contributed by atoms with E-state index in [9.17, 15) is 13.2 Å². The van der Waals surface area contributed by atoms with E-state index >= 15 is 0 Å². The Hall–Kier alpha value is -1.19. The van der Waals surface area contributed by atoms with Gasteiger partial charge in [-0.05, 0) is 79.0 Å². The van der Waals surface area contributed by atoms with Crippen molar-refractivity contribution in [1.82, 2.24) is 0 Å². The topological polar surface area (TPSA) is 0 Å². The van der Waals surface area contributed by atoms with Crippen molar-refractivity contribution in [2.24, 2.45) is 5.92 Å². The normalized spacial score (nSPS) is 13.4. The van der Waals surface area contributed by atoms with Gasteiger partial charge in [-0.25, -0.2) is 0 Å². The van der Waals surface area contributed by atoms with E-state index in [0.29, 0.717) is 10.0 Å². The summed E-state index contributed by atoms with van der Waals surface area (Å²) in [5, 5.41) is 1.29. The van der Waals surface area contributed by atoms with Gasteiger partial charge in [0, 0.05) is 0 Å². The number of aryl methyl sites for hydroxylation is 3. The number of benzene rings is 2. The molecule has 0 saturated heterocycles. The van der Waals surface area contributed by atoms with Crippen LogP contribution in [0.1, 0.15) is 48.9 Å². The summed E-state index contributed by atoms with van der Waals surface area (Å²) in [6.07, 6.45) is 0.771. The number of halogens is 5. The van der Waals surface area contributed by atoms with E-state index in [4.69, 9.17) is 23.2 Å². The van der Waals surface area contributed by atoms with Crippen molar-refractivity contribution in [3.63, 3.8) is 0 Å². The first-order chi connectivity index (χ1) is 12.2. The van der Waals surface area contributed by atoms with Gasteiger partial charge < -0.3 is 0 Å². The summed E-state index contributed by atoms with van der Waals surface area (Å²) in [7, 11) is 0. The zero-order chi connectivity index (χ0) is 19.3. The van der Waals surface area contributed by atoms with Gasteiger partial charge in [0.05, 0.1) is 15.6 Å². The fourth-order valence-corrected chi connectivity index (χ4v) is 3.22. The summed E-state index contributed by atoms with van der Waals surface area (Å²) in [6, 6.07) is 9.90. The molecule has 0 aliphatic heterocycles. The lowest BCUT2D eigenvalue weighted by molar-refractivity contribution is -0.137. The number of hydrogen-bond donors (Lipinski definition) is 0. The van der Waals surface area contributed by atoms with Crippen molar-refractivity contribution in [3.05, 3.63) is 68.7 Å². The van der Waals surface area contributed by atoms with E-state index in [2.05, 4.69) is 13.8 Å². The molecule has 0 N–H and O–H groups in total. The van der Waals surface area contributed by atoms with E-state index in [1.165, 1.54) is 24.1 Å². The molecule has 0 aromatic heterocycles. The van der Waals surface area contributed by atoms with Gasteiger partial charge >= 0.3 is 6.18 Å². The lowest BCUT2D eigenvalue weighted by Gasteiger charge is -2.08. The Labute approximate surface area is 163 Å². The van der Waals surface area contributed by atoms with Crippen molar-refractivity contribution in [2.45, 2.75) is 52.1 Å². The lowest BCUT2D eigenvalue weighted by Crippen LogP contribution is -2.05. The average molecular weight is 403 g/mol. The summed E-state index contributed by atoms with van der Waals surface area (Å²) in [5.41, 5.74) is 2.69. The summed E-state index contributed by atoms with van der Waals surface area (Å²) in [6.45, 7) is 4.44. The smallest absolute Gasteiger partial charge is 0.166 e. The Morgan fingerprint density at radius 2 is 1.62 bits per heavy atom. The predicted octanol–water partition coefficient (Wildman–Crippen LogP) is 7.78. The average Bonchev–Trinajstić information content (AvgIpc) is 3.03. The molecule has 0 radical (unpaired) electrons. The molecule has 0 spiro atoms. The molecule has 0 nitrogen and oxygen atoms in total. The van der Waals surface area contributed by atoms with Crippen LogP contribution in [0.3, 0.4) is 0 Å². The minimum absolute atomic E-state index is 0.520. The number of fused-ring (bicyclic) bond motifs is 1. The molecule has 142 valence electrons. The largest absolute Gasteiger partial charge is 0.416 e. The van der Waals surface area contributed by atoms with E-state index in [-0.39, 0.29) is 0 Å². The minimum Gasteiger partial charge on any atom is -0.166 e. The molecule has 2 aromatic rings. The maximum atomic E-state index is 12.3. The quantitative estimate of drug-likeness (QED) is 0.491. The zero-order valence-corrected chi connectivity index (χ0v) is 16.5.